The Labute approximate surface area is 144 Å². The smallest absolute Gasteiger partial charge is 0.407 e. The zero-order valence-electron chi connectivity index (χ0n) is 14.3. The van der Waals surface area contributed by atoms with E-state index < -0.39 is 54.1 Å². The van der Waals surface area contributed by atoms with Crippen LogP contribution < -0.4 is 5.32 Å². The minimum atomic E-state index is -1.08. The highest BCUT2D eigenvalue weighted by atomic mass is 19.1. The predicted octanol–water partition coefficient (Wildman–Crippen LogP) is 1.90. The second-order valence-electron chi connectivity index (χ2n) is 7.01. The molecule has 1 saturated heterocycles. The van der Waals surface area contributed by atoms with E-state index in [0.29, 0.717) is 0 Å². The molecule has 1 aromatic carbocycles. The fourth-order valence-corrected chi connectivity index (χ4v) is 2.77. The van der Waals surface area contributed by atoms with Crippen LogP contribution in [0.15, 0.2) is 18.2 Å². The van der Waals surface area contributed by atoms with Crippen molar-refractivity contribution in [3.05, 3.63) is 35.4 Å². The van der Waals surface area contributed by atoms with Gasteiger partial charge in [-0.15, -0.1) is 0 Å². The lowest BCUT2D eigenvalue weighted by Crippen LogP contribution is -2.55. The number of ether oxygens (including phenoxy) is 2. The van der Waals surface area contributed by atoms with Crippen molar-refractivity contribution in [3.8, 4) is 0 Å². The van der Waals surface area contributed by atoms with Crippen molar-refractivity contribution >= 4 is 6.09 Å². The largest absolute Gasteiger partial charge is 0.444 e. The van der Waals surface area contributed by atoms with Crippen LogP contribution in [-0.2, 0) is 9.47 Å². The second kappa shape index (κ2) is 7.63. The van der Waals surface area contributed by atoms with Crippen LogP contribution in [-0.4, -0.2) is 47.3 Å². The van der Waals surface area contributed by atoms with Crippen molar-refractivity contribution in [2.24, 2.45) is 5.92 Å². The summed E-state index contributed by atoms with van der Waals surface area (Å²) in [7, 11) is 0. The van der Waals surface area contributed by atoms with Gasteiger partial charge in [0.15, 0.2) is 0 Å². The molecule has 0 aromatic heterocycles. The highest BCUT2D eigenvalue weighted by molar-refractivity contribution is 5.68. The third-order valence-electron chi connectivity index (χ3n) is 3.89. The topological polar surface area (TPSA) is 88.0 Å². The van der Waals surface area contributed by atoms with Crippen LogP contribution in [0.1, 0.15) is 32.4 Å². The number of nitrogens with one attached hydrogen (secondary N) is 1. The lowest BCUT2D eigenvalue weighted by atomic mass is 9.85. The van der Waals surface area contributed by atoms with E-state index in [1.54, 1.807) is 20.8 Å². The van der Waals surface area contributed by atoms with Crippen molar-refractivity contribution in [1.82, 2.24) is 5.32 Å². The lowest BCUT2D eigenvalue weighted by Gasteiger charge is -2.41. The van der Waals surface area contributed by atoms with E-state index >= 15 is 0 Å². The van der Waals surface area contributed by atoms with Crippen molar-refractivity contribution < 1.29 is 33.3 Å². The Morgan fingerprint density at radius 1 is 1.40 bits per heavy atom. The summed E-state index contributed by atoms with van der Waals surface area (Å²) >= 11 is 0. The Bertz CT molecular complexity index is 620. The molecule has 8 heteroatoms. The third kappa shape index (κ3) is 4.87. The molecule has 4 atom stereocenters. The van der Waals surface area contributed by atoms with Crippen LogP contribution >= 0.6 is 0 Å². The van der Waals surface area contributed by atoms with Gasteiger partial charge in [0, 0.05) is 11.5 Å². The average molecular weight is 359 g/mol. The molecule has 0 saturated carbocycles. The molecule has 0 bridgehead atoms. The molecule has 0 radical (unpaired) electrons. The summed E-state index contributed by atoms with van der Waals surface area (Å²) in [5.74, 6) is -2.20. The molecule has 1 aromatic rings. The molecule has 1 aliphatic rings. The van der Waals surface area contributed by atoms with Gasteiger partial charge in [-0.25, -0.2) is 13.6 Å². The number of carbonyl (C=O) groups excluding carboxylic acids is 1. The Hall–Kier alpha value is -1.77. The number of carbonyl (C=O) groups is 1. The SMILES string of the molecule is CC(C)(C)OC(=O)N[C@H]1C(CO)C(O)CO[C@@H]1c1cc(F)ccc1F. The maximum Gasteiger partial charge on any atom is 0.407 e. The highest BCUT2D eigenvalue weighted by Gasteiger charge is 2.42. The third-order valence-corrected chi connectivity index (χ3v) is 3.89. The number of benzene rings is 1. The predicted molar refractivity (Wildman–Crippen MR) is 84.8 cm³/mol. The molecular weight excluding hydrogens is 336 g/mol. The van der Waals surface area contributed by atoms with Gasteiger partial charge in [-0.2, -0.15) is 0 Å². The molecule has 3 N–H and O–H groups in total. The first-order valence-electron chi connectivity index (χ1n) is 7.97. The van der Waals surface area contributed by atoms with Gasteiger partial charge in [0.2, 0.25) is 0 Å². The molecule has 1 aliphatic heterocycles. The van der Waals surface area contributed by atoms with Crippen LogP contribution in [0.4, 0.5) is 13.6 Å². The van der Waals surface area contributed by atoms with Gasteiger partial charge >= 0.3 is 6.09 Å². The molecule has 140 valence electrons. The van der Waals surface area contributed by atoms with Gasteiger partial charge in [-0.1, -0.05) is 0 Å². The zero-order chi connectivity index (χ0) is 18.8. The van der Waals surface area contributed by atoms with Crippen molar-refractivity contribution in [1.29, 1.82) is 0 Å². The fourth-order valence-electron chi connectivity index (χ4n) is 2.77. The number of alkyl carbamates (subject to hydrolysis) is 1. The Morgan fingerprint density at radius 3 is 2.68 bits per heavy atom. The van der Waals surface area contributed by atoms with Crippen LogP contribution in [0.5, 0.6) is 0 Å². The highest BCUT2D eigenvalue weighted by Crippen LogP contribution is 2.34. The summed E-state index contributed by atoms with van der Waals surface area (Å²) in [5.41, 5.74) is -0.876. The van der Waals surface area contributed by atoms with Crippen molar-refractivity contribution in [2.75, 3.05) is 13.2 Å². The quantitative estimate of drug-likeness (QED) is 0.767. The van der Waals surface area contributed by atoms with Crippen molar-refractivity contribution in [3.63, 3.8) is 0 Å². The normalized spacial score (nSPS) is 27.0. The molecule has 0 aliphatic carbocycles. The van der Waals surface area contributed by atoms with Crippen LogP contribution in [0, 0.1) is 17.6 Å². The standard InChI is InChI=1S/C17H23F2NO5/c1-17(2,3)25-16(23)20-14-11(7-21)13(22)8-24-15(14)10-6-9(18)4-5-12(10)19/h4-6,11,13-15,21-22H,7-8H2,1-3H3,(H,20,23)/t11?,13?,14-,15+/m0/s1. The first-order chi connectivity index (χ1) is 11.6. The summed E-state index contributed by atoms with van der Waals surface area (Å²) in [4.78, 5) is 12.1. The van der Waals surface area contributed by atoms with E-state index in [1.807, 2.05) is 0 Å². The summed E-state index contributed by atoms with van der Waals surface area (Å²) < 4.78 is 38.3. The van der Waals surface area contributed by atoms with E-state index in [-0.39, 0.29) is 12.2 Å². The monoisotopic (exact) mass is 359 g/mol. The number of amides is 1. The summed E-state index contributed by atoms with van der Waals surface area (Å²) in [6, 6.07) is 1.89. The van der Waals surface area contributed by atoms with E-state index in [1.165, 1.54) is 0 Å². The molecule has 1 fully saturated rings. The van der Waals surface area contributed by atoms with E-state index in [0.717, 1.165) is 18.2 Å². The number of hydrogen-bond donors (Lipinski definition) is 3. The first-order valence-corrected chi connectivity index (χ1v) is 7.97. The zero-order valence-corrected chi connectivity index (χ0v) is 14.3. The first kappa shape index (κ1) is 19.6. The van der Waals surface area contributed by atoms with Crippen LogP contribution in [0.25, 0.3) is 0 Å². The van der Waals surface area contributed by atoms with Gasteiger partial charge in [0.25, 0.3) is 0 Å². The minimum absolute atomic E-state index is 0.105. The average Bonchev–Trinajstić information content (AvgIpc) is 2.48. The van der Waals surface area contributed by atoms with E-state index in [9.17, 15) is 23.8 Å². The van der Waals surface area contributed by atoms with Crippen LogP contribution in [0.2, 0.25) is 0 Å². The molecule has 25 heavy (non-hydrogen) atoms. The fraction of sp³-hybridized carbons (Fsp3) is 0.588. The number of halogens is 2. The van der Waals surface area contributed by atoms with Crippen molar-refractivity contribution in [2.45, 2.75) is 44.6 Å². The van der Waals surface area contributed by atoms with E-state index in [4.69, 9.17) is 9.47 Å². The van der Waals surface area contributed by atoms with Gasteiger partial charge in [0.05, 0.1) is 25.4 Å². The van der Waals surface area contributed by atoms with Gasteiger partial charge in [-0.3, -0.25) is 0 Å². The number of aliphatic hydroxyl groups is 2. The molecular formula is C17H23F2NO5. The second-order valence-corrected chi connectivity index (χ2v) is 7.01. The van der Waals surface area contributed by atoms with E-state index in [2.05, 4.69) is 5.32 Å². The molecule has 2 unspecified atom stereocenters. The number of rotatable bonds is 3. The molecule has 6 nitrogen and oxygen atoms in total. The van der Waals surface area contributed by atoms with Gasteiger partial charge in [0.1, 0.15) is 23.3 Å². The maximum absolute atomic E-state index is 14.1. The summed E-state index contributed by atoms with van der Waals surface area (Å²) in [6.07, 6.45) is -2.96. The lowest BCUT2D eigenvalue weighted by molar-refractivity contribution is -0.122. The molecule has 1 amide bonds. The molecule has 2 rings (SSSR count). The summed E-state index contributed by atoms with van der Waals surface area (Å²) in [6.45, 7) is 4.36. The van der Waals surface area contributed by atoms with Gasteiger partial charge < -0.3 is 25.0 Å². The Balaban J connectivity index is 2.32. The van der Waals surface area contributed by atoms with Crippen LogP contribution in [0.3, 0.4) is 0 Å². The Morgan fingerprint density at radius 2 is 2.08 bits per heavy atom. The summed E-state index contributed by atoms with van der Waals surface area (Å²) in [5, 5.41) is 22.1. The number of hydrogen-bond acceptors (Lipinski definition) is 5. The Kier molecular flexibility index (Phi) is 5.97. The molecule has 0 spiro atoms. The minimum Gasteiger partial charge on any atom is -0.444 e. The van der Waals surface area contributed by atoms with Gasteiger partial charge in [-0.05, 0) is 39.0 Å². The molecule has 1 heterocycles. The number of aliphatic hydroxyl groups excluding tert-OH is 2. The maximum atomic E-state index is 14.1.